The van der Waals surface area contributed by atoms with E-state index in [4.69, 9.17) is 0 Å². The van der Waals surface area contributed by atoms with Crippen LogP contribution >= 0.6 is 0 Å². The van der Waals surface area contributed by atoms with E-state index in [-0.39, 0.29) is 0 Å². The summed E-state index contributed by atoms with van der Waals surface area (Å²) in [6.07, 6.45) is 4.39. The van der Waals surface area contributed by atoms with Crippen LogP contribution in [0.3, 0.4) is 0 Å². The molecule has 0 bridgehead atoms. The van der Waals surface area contributed by atoms with Gasteiger partial charge in [-0.3, -0.25) is 0 Å². The summed E-state index contributed by atoms with van der Waals surface area (Å²) in [5, 5.41) is 0. The molecule has 2 rings (SSSR count). The molecule has 2 atom stereocenters. The minimum atomic E-state index is -1.70. The topological polar surface area (TPSA) is 0 Å². The Morgan fingerprint density at radius 3 is 2.27 bits per heavy atom. The van der Waals surface area contributed by atoms with Gasteiger partial charge in [-0.1, -0.05) is 0 Å². The Kier molecular flexibility index (Phi) is 3.44. The van der Waals surface area contributed by atoms with Crippen molar-refractivity contribution in [3.05, 3.63) is 35.9 Å². The first-order valence-corrected chi connectivity index (χ1v) is 16.3. The van der Waals surface area contributed by atoms with Crippen molar-refractivity contribution in [3.8, 4) is 0 Å². The number of hydrogen-bond acceptors (Lipinski definition) is 0. The molecular weight excluding hydrogens is 287 g/mol. The van der Waals surface area contributed by atoms with Crippen LogP contribution in [0.25, 0.3) is 0 Å². The maximum absolute atomic E-state index is 2.60. The second kappa shape index (κ2) is 4.48. The molecule has 1 aromatic rings. The fraction of sp³-hybridized carbons (Fsp3) is 0.571. The fourth-order valence-electron chi connectivity index (χ4n) is 3.10. The third-order valence-electron chi connectivity index (χ3n) is 3.86. The van der Waals surface area contributed by atoms with Crippen molar-refractivity contribution >= 4 is 18.4 Å². The summed E-state index contributed by atoms with van der Waals surface area (Å²) < 4.78 is 1.07. The molecule has 0 nitrogen and oxygen atoms in total. The number of hydrogen-bond donors (Lipinski definition) is 0. The van der Waals surface area contributed by atoms with Crippen molar-refractivity contribution in [2.24, 2.45) is 0 Å². The molecule has 0 aliphatic heterocycles. The minimum absolute atomic E-state index is 0.891. The summed E-state index contributed by atoms with van der Waals surface area (Å²) in [5.74, 6) is 0.891. The number of rotatable bonds is 2. The Hall–Kier alpha value is 0.0187. The van der Waals surface area contributed by atoms with Crippen LogP contribution in [-0.4, -0.2) is 18.4 Å². The molecule has 0 N–H and O–H groups in total. The normalized spacial score (nSPS) is 26.9. The van der Waals surface area contributed by atoms with Crippen LogP contribution in [-0.2, 0) is 0 Å². The Bertz CT molecular complexity index is 310. The SMILES string of the molecule is [CH3][Sn]([CH3])([CH3])[C@@H]1CCC[C@H]1c1ccccc1. The second-order valence-electron chi connectivity index (χ2n) is 5.92. The van der Waals surface area contributed by atoms with Gasteiger partial charge >= 0.3 is 98.2 Å². The second-order valence-corrected chi connectivity index (χ2v) is 21.5. The molecule has 15 heavy (non-hydrogen) atoms. The van der Waals surface area contributed by atoms with Crippen LogP contribution in [0, 0.1) is 0 Å². The van der Waals surface area contributed by atoms with E-state index in [0.29, 0.717) is 0 Å². The van der Waals surface area contributed by atoms with Crippen molar-refractivity contribution < 1.29 is 0 Å². The van der Waals surface area contributed by atoms with Crippen LogP contribution < -0.4 is 0 Å². The molecule has 0 unspecified atom stereocenters. The molecule has 0 radical (unpaired) electrons. The quantitative estimate of drug-likeness (QED) is 0.697. The predicted octanol–water partition coefficient (Wildman–Crippen LogP) is 4.66. The maximum atomic E-state index is 2.60. The van der Waals surface area contributed by atoms with E-state index < -0.39 is 18.4 Å². The molecule has 0 spiro atoms. The van der Waals surface area contributed by atoms with Crippen molar-refractivity contribution in [1.29, 1.82) is 0 Å². The first-order valence-electron chi connectivity index (χ1n) is 6.14. The third kappa shape index (κ3) is 2.58. The molecule has 0 saturated heterocycles. The van der Waals surface area contributed by atoms with E-state index in [1.54, 1.807) is 5.56 Å². The Labute approximate surface area is 98.0 Å². The monoisotopic (exact) mass is 310 g/mol. The Balaban J connectivity index is 2.23. The van der Waals surface area contributed by atoms with Crippen molar-refractivity contribution in [2.75, 3.05) is 0 Å². The first kappa shape index (κ1) is 11.5. The zero-order chi connectivity index (χ0) is 10.9. The van der Waals surface area contributed by atoms with Gasteiger partial charge in [-0.05, 0) is 0 Å². The Morgan fingerprint density at radius 1 is 1.00 bits per heavy atom. The van der Waals surface area contributed by atoms with E-state index in [1.807, 2.05) is 0 Å². The average Bonchev–Trinajstić information content (AvgIpc) is 2.67. The summed E-state index contributed by atoms with van der Waals surface area (Å²) in [6, 6.07) is 11.2. The summed E-state index contributed by atoms with van der Waals surface area (Å²) in [6.45, 7) is 0. The Morgan fingerprint density at radius 2 is 1.67 bits per heavy atom. The van der Waals surface area contributed by atoms with E-state index in [1.165, 1.54) is 19.3 Å². The average molecular weight is 309 g/mol. The molecule has 82 valence electrons. The first-order chi connectivity index (χ1) is 7.09. The van der Waals surface area contributed by atoms with Gasteiger partial charge in [0.1, 0.15) is 0 Å². The number of benzene rings is 1. The van der Waals surface area contributed by atoms with Crippen molar-refractivity contribution in [2.45, 2.75) is 43.9 Å². The fourth-order valence-corrected chi connectivity index (χ4v) is 10.6. The van der Waals surface area contributed by atoms with Crippen LogP contribution in [0.4, 0.5) is 0 Å². The molecule has 0 amide bonds. The molecule has 0 aromatic heterocycles. The predicted molar refractivity (Wildman–Crippen MR) is 70.1 cm³/mol. The molecule has 1 heteroatoms. The van der Waals surface area contributed by atoms with Gasteiger partial charge in [-0.25, -0.2) is 0 Å². The van der Waals surface area contributed by atoms with Gasteiger partial charge in [-0.2, -0.15) is 0 Å². The van der Waals surface area contributed by atoms with Crippen molar-refractivity contribution in [3.63, 3.8) is 0 Å². The van der Waals surface area contributed by atoms with Crippen LogP contribution in [0.15, 0.2) is 30.3 Å². The van der Waals surface area contributed by atoms with Crippen molar-refractivity contribution in [1.82, 2.24) is 0 Å². The van der Waals surface area contributed by atoms with Gasteiger partial charge in [-0.15, -0.1) is 0 Å². The van der Waals surface area contributed by atoms with Crippen LogP contribution in [0.1, 0.15) is 30.7 Å². The van der Waals surface area contributed by atoms with E-state index in [0.717, 1.165) is 9.85 Å². The molecule has 1 fully saturated rings. The molecule has 1 aliphatic rings. The van der Waals surface area contributed by atoms with Gasteiger partial charge in [0.2, 0.25) is 0 Å². The van der Waals surface area contributed by atoms with Gasteiger partial charge in [0.15, 0.2) is 0 Å². The third-order valence-corrected chi connectivity index (χ3v) is 12.2. The van der Waals surface area contributed by atoms with Gasteiger partial charge in [0.05, 0.1) is 0 Å². The molecule has 1 saturated carbocycles. The van der Waals surface area contributed by atoms with E-state index in [2.05, 4.69) is 45.2 Å². The van der Waals surface area contributed by atoms with Gasteiger partial charge < -0.3 is 0 Å². The van der Waals surface area contributed by atoms with Crippen LogP contribution in [0.2, 0.25) is 18.8 Å². The van der Waals surface area contributed by atoms with Crippen LogP contribution in [0.5, 0.6) is 0 Å². The zero-order valence-electron chi connectivity index (χ0n) is 10.2. The van der Waals surface area contributed by atoms with E-state index >= 15 is 0 Å². The van der Waals surface area contributed by atoms with Gasteiger partial charge in [0.25, 0.3) is 0 Å². The molecule has 1 aromatic carbocycles. The molecule has 0 heterocycles. The molecular formula is C14H22Sn. The summed E-state index contributed by atoms with van der Waals surface area (Å²) in [4.78, 5) is 7.79. The molecule has 1 aliphatic carbocycles. The van der Waals surface area contributed by atoms with E-state index in [9.17, 15) is 0 Å². The van der Waals surface area contributed by atoms with Gasteiger partial charge in [0, 0.05) is 0 Å². The standard InChI is InChI=1S/C11H13.3CH3.Sn/c1-2-6-10(7-3-1)11-8-4-5-9-11;;;;/h1-3,6-8,11H,4-5,9H2;3*1H3;/t11-;;;;/m0..../s1. The summed E-state index contributed by atoms with van der Waals surface area (Å²) >= 11 is -1.70. The summed E-state index contributed by atoms with van der Waals surface area (Å²) in [5.41, 5.74) is 1.60. The zero-order valence-corrected chi connectivity index (χ0v) is 13.0. The summed E-state index contributed by atoms with van der Waals surface area (Å²) in [7, 11) is 0.